The van der Waals surface area contributed by atoms with Gasteiger partial charge in [-0.1, -0.05) is 26.8 Å². The van der Waals surface area contributed by atoms with Crippen LogP contribution in [0.25, 0.3) is 0 Å². The summed E-state index contributed by atoms with van der Waals surface area (Å²) in [6.45, 7) is 7.80. The summed E-state index contributed by atoms with van der Waals surface area (Å²) in [6.07, 6.45) is 2.12. The number of nitrogens with one attached hydrogen (secondary N) is 1. The van der Waals surface area contributed by atoms with Gasteiger partial charge in [-0.15, -0.1) is 0 Å². The Morgan fingerprint density at radius 3 is 2.24 bits per heavy atom. The second kappa shape index (κ2) is 6.79. The molecule has 0 radical (unpaired) electrons. The lowest BCUT2D eigenvalue weighted by Crippen LogP contribution is -2.45. The van der Waals surface area contributed by atoms with Crippen LogP contribution in [0, 0.1) is 0 Å². The van der Waals surface area contributed by atoms with Gasteiger partial charge in [0.2, 0.25) is 0 Å². The van der Waals surface area contributed by atoms with E-state index in [1.54, 1.807) is 12.1 Å². The molecule has 0 fully saturated rings. The first kappa shape index (κ1) is 18.0. The van der Waals surface area contributed by atoms with Crippen molar-refractivity contribution in [3.63, 3.8) is 0 Å². The Bertz CT molecular complexity index is 622. The van der Waals surface area contributed by atoms with Gasteiger partial charge in [0.05, 0.1) is 4.90 Å². The van der Waals surface area contributed by atoms with Gasteiger partial charge in [0.1, 0.15) is 0 Å². The molecule has 0 unspecified atom stereocenters. The average molecular weight is 332 g/mol. The molecule has 1 N–H and O–H groups in total. The van der Waals surface area contributed by atoms with Crippen molar-refractivity contribution in [3.05, 3.63) is 29.3 Å². The van der Waals surface area contributed by atoms with E-state index in [1.165, 1.54) is 6.07 Å². The molecule has 0 aromatic heterocycles. The minimum Gasteiger partial charge on any atom is -0.347 e. The van der Waals surface area contributed by atoms with Crippen molar-refractivity contribution in [2.45, 2.75) is 57.4 Å². The Morgan fingerprint density at radius 1 is 1.24 bits per heavy atom. The maximum absolute atomic E-state index is 12.3. The fourth-order valence-corrected chi connectivity index (χ4v) is 3.21. The van der Waals surface area contributed by atoms with Crippen LogP contribution < -0.4 is 5.32 Å². The maximum atomic E-state index is 12.3. The molecule has 1 amide bonds. The molecule has 21 heavy (non-hydrogen) atoms. The lowest BCUT2D eigenvalue weighted by molar-refractivity contribution is 0.0901. The van der Waals surface area contributed by atoms with Crippen LogP contribution in [0.15, 0.2) is 23.1 Å². The van der Waals surface area contributed by atoms with Gasteiger partial charge in [0.25, 0.3) is 15.0 Å². The van der Waals surface area contributed by atoms with Crippen molar-refractivity contribution in [2.75, 3.05) is 0 Å². The lowest BCUT2D eigenvalue weighted by atomic mass is 9.95. The standard InChI is InChI=1S/C15H22ClNO3S/c1-5-11-8-9-12(10-13(11)21(16,19)20)14(18)17-15(4,6-2)7-3/h8-10H,5-7H2,1-4H3,(H,17,18). The predicted molar refractivity (Wildman–Crippen MR) is 85.3 cm³/mol. The molecule has 0 heterocycles. The number of hydrogen-bond acceptors (Lipinski definition) is 3. The first-order valence-corrected chi connectivity index (χ1v) is 9.38. The Balaban J connectivity index is 3.19. The van der Waals surface area contributed by atoms with E-state index in [2.05, 4.69) is 5.32 Å². The summed E-state index contributed by atoms with van der Waals surface area (Å²) < 4.78 is 23.2. The summed E-state index contributed by atoms with van der Waals surface area (Å²) in [5.41, 5.74) is 0.607. The Kier molecular flexibility index (Phi) is 5.82. The normalized spacial score (nSPS) is 12.2. The highest BCUT2D eigenvalue weighted by Gasteiger charge is 2.24. The summed E-state index contributed by atoms with van der Waals surface area (Å²) in [7, 11) is 1.58. The number of hydrogen-bond donors (Lipinski definition) is 1. The summed E-state index contributed by atoms with van der Waals surface area (Å²) in [6, 6.07) is 4.62. The third-order valence-electron chi connectivity index (χ3n) is 3.95. The van der Waals surface area contributed by atoms with E-state index in [1.807, 2.05) is 27.7 Å². The minimum atomic E-state index is -3.86. The Morgan fingerprint density at radius 2 is 1.81 bits per heavy atom. The van der Waals surface area contributed by atoms with Crippen LogP contribution >= 0.6 is 10.7 Å². The topological polar surface area (TPSA) is 63.2 Å². The molecule has 1 aromatic carbocycles. The van der Waals surface area contributed by atoms with Gasteiger partial charge in [-0.25, -0.2) is 8.42 Å². The molecule has 0 saturated carbocycles. The van der Waals surface area contributed by atoms with Crippen molar-refractivity contribution in [1.82, 2.24) is 5.32 Å². The van der Waals surface area contributed by atoms with E-state index >= 15 is 0 Å². The van der Waals surface area contributed by atoms with Crippen LogP contribution in [0.2, 0.25) is 0 Å². The van der Waals surface area contributed by atoms with E-state index in [4.69, 9.17) is 10.7 Å². The zero-order valence-corrected chi connectivity index (χ0v) is 14.4. The quantitative estimate of drug-likeness (QED) is 0.812. The first-order chi connectivity index (χ1) is 9.66. The van der Waals surface area contributed by atoms with E-state index < -0.39 is 9.05 Å². The number of halogens is 1. The van der Waals surface area contributed by atoms with Crippen molar-refractivity contribution < 1.29 is 13.2 Å². The smallest absolute Gasteiger partial charge is 0.261 e. The molecule has 0 aliphatic heterocycles. The number of carbonyl (C=O) groups is 1. The van der Waals surface area contributed by atoms with Gasteiger partial charge in [-0.05, 0) is 43.9 Å². The molecule has 4 nitrogen and oxygen atoms in total. The van der Waals surface area contributed by atoms with E-state index in [0.29, 0.717) is 17.5 Å². The maximum Gasteiger partial charge on any atom is 0.261 e. The van der Waals surface area contributed by atoms with E-state index in [0.717, 1.165) is 12.8 Å². The van der Waals surface area contributed by atoms with Crippen LogP contribution in [0.5, 0.6) is 0 Å². The van der Waals surface area contributed by atoms with Crippen molar-refractivity contribution >= 4 is 25.6 Å². The van der Waals surface area contributed by atoms with E-state index in [-0.39, 0.29) is 16.3 Å². The predicted octanol–water partition coefficient (Wildman–Crippen LogP) is 3.49. The van der Waals surface area contributed by atoms with Gasteiger partial charge < -0.3 is 5.32 Å². The Hall–Kier alpha value is -1.07. The molecule has 6 heteroatoms. The molecule has 118 valence electrons. The first-order valence-electron chi connectivity index (χ1n) is 7.07. The van der Waals surface area contributed by atoms with E-state index in [9.17, 15) is 13.2 Å². The lowest BCUT2D eigenvalue weighted by Gasteiger charge is -2.28. The van der Waals surface area contributed by atoms with Gasteiger partial charge in [-0.2, -0.15) is 0 Å². The number of rotatable bonds is 6. The molecule has 1 rings (SSSR count). The highest BCUT2D eigenvalue weighted by atomic mass is 35.7. The minimum absolute atomic E-state index is 0.00835. The fraction of sp³-hybridized carbons (Fsp3) is 0.533. The van der Waals surface area contributed by atoms with Crippen molar-refractivity contribution in [1.29, 1.82) is 0 Å². The zero-order chi connectivity index (χ0) is 16.3. The van der Waals surface area contributed by atoms with Gasteiger partial charge in [0.15, 0.2) is 0 Å². The van der Waals surface area contributed by atoms with Crippen molar-refractivity contribution in [2.24, 2.45) is 0 Å². The largest absolute Gasteiger partial charge is 0.347 e. The number of aryl methyl sites for hydroxylation is 1. The summed E-state index contributed by atoms with van der Waals surface area (Å²) in [5, 5.41) is 2.95. The highest BCUT2D eigenvalue weighted by molar-refractivity contribution is 8.13. The number of benzene rings is 1. The van der Waals surface area contributed by atoms with Crippen LogP contribution in [0.1, 0.15) is 56.5 Å². The molecular weight excluding hydrogens is 310 g/mol. The van der Waals surface area contributed by atoms with Crippen LogP contribution in [0.3, 0.4) is 0 Å². The molecule has 0 saturated heterocycles. The van der Waals surface area contributed by atoms with Gasteiger partial charge in [0, 0.05) is 21.8 Å². The SMILES string of the molecule is CCc1ccc(C(=O)NC(C)(CC)CC)cc1S(=O)(=O)Cl. The fourth-order valence-electron chi connectivity index (χ4n) is 1.99. The second-order valence-electron chi connectivity index (χ2n) is 5.34. The molecule has 0 spiro atoms. The zero-order valence-electron chi connectivity index (χ0n) is 12.9. The summed E-state index contributed by atoms with van der Waals surface area (Å²) >= 11 is 0. The molecule has 0 aliphatic rings. The third-order valence-corrected chi connectivity index (χ3v) is 5.35. The molecule has 0 bridgehead atoms. The number of carbonyl (C=O) groups excluding carboxylic acids is 1. The average Bonchev–Trinajstić information content (AvgIpc) is 2.45. The molecule has 0 atom stereocenters. The summed E-state index contributed by atoms with van der Waals surface area (Å²) in [4.78, 5) is 12.3. The second-order valence-corrected chi connectivity index (χ2v) is 7.87. The molecular formula is C15H22ClNO3S. The molecule has 1 aromatic rings. The Labute approximate surface area is 131 Å². The third kappa shape index (κ3) is 4.45. The summed E-state index contributed by atoms with van der Waals surface area (Å²) in [5.74, 6) is -0.287. The number of amides is 1. The van der Waals surface area contributed by atoms with Crippen LogP contribution in [0.4, 0.5) is 0 Å². The molecule has 0 aliphatic carbocycles. The van der Waals surface area contributed by atoms with Gasteiger partial charge in [-0.3, -0.25) is 4.79 Å². The van der Waals surface area contributed by atoms with Crippen molar-refractivity contribution in [3.8, 4) is 0 Å². The highest BCUT2D eigenvalue weighted by Crippen LogP contribution is 2.23. The van der Waals surface area contributed by atoms with Crippen LogP contribution in [-0.4, -0.2) is 19.9 Å². The van der Waals surface area contributed by atoms with Crippen LogP contribution in [-0.2, 0) is 15.5 Å². The van der Waals surface area contributed by atoms with Gasteiger partial charge >= 0.3 is 0 Å². The monoisotopic (exact) mass is 331 g/mol.